The monoisotopic (exact) mass is 408 g/mol. The van der Waals surface area contributed by atoms with Gasteiger partial charge in [0.05, 0.1) is 0 Å². The Hall–Kier alpha value is -1.56. The van der Waals surface area contributed by atoms with Crippen molar-refractivity contribution in [1.29, 1.82) is 0 Å². The van der Waals surface area contributed by atoms with Gasteiger partial charge in [0.15, 0.2) is 5.96 Å². The molecule has 1 unspecified atom stereocenters. The van der Waals surface area contributed by atoms with E-state index in [9.17, 15) is 4.79 Å². The Balaban J connectivity index is 1.82. The average molecular weight is 409 g/mol. The predicted octanol–water partition coefficient (Wildman–Crippen LogP) is 3.25. The van der Waals surface area contributed by atoms with Crippen LogP contribution in [0.3, 0.4) is 0 Å². The zero-order valence-electron chi connectivity index (χ0n) is 15.5. The van der Waals surface area contributed by atoms with E-state index in [1.807, 2.05) is 14.1 Å². The van der Waals surface area contributed by atoms with Crippen molar-refractivity contribution in [1.82, 2.24) is 15.1 Å². The van der Waals surface area contributed by atoms with Crippen LogP contribution in [-0.4, -0.2) is 54.9 Å². The molecule has 0 aliphatic carbocycles. The first kappa shape index (κ1) is 19.8. The van der Waals surface area contributed by atoms with Crippen LogP contribution in [0.4, 0.5) is 0 Å². The molecule has 1 aromatic rings. The first-order valence-corrected chi connectivity index (χ1v) is 9.80. The van der Waals surface area contributed by atoms with E-state index in [0.29, 0.717) is 18.4 Å². The molecule has 1 aliphatic heterocycles. The van der Waals surface area contributed by atoms with E-state index in [-0.39, 0.29) is 0 Å². The number of aliphatic imine (C=N–C) groups is 1. The summed E-state index contributed by atoms with van der Waals surface area (Å²) in [5.41, 5.74) is 1.24. The van der Waals surface area contributed by atoms with Crippen LogP contribution >= 0.6 is 15.9 Å². The molecule has 2 rings (SSSR count). The highest BCUT2D eigenvalue weighted by molar-refractivity contribution is 9.10. The van der Waals surface area contributed by atoms with Crippen molar-refractivity contribution in [3.63, 3.8) is 0 Å². The Morgan fingerprint density at radius 3 is 2.68 bits per heavy atom. The largest absolute Gasteiger partial charge is 0.356 e. The topological polar surface area (TPSA) is 47.9 Å². The number of halogens is 1. The number of guanidine groups is 1. The lowest BCUT2D eigenvalue weighted by atomic mass is 10.1. The van der Waals surface area contributed by atoms with Crippen LogP contribution < -0.4 is 5.32 Å². The van der Waals surface area contributed by atoms with Gasteiger partial charge in [-0.3, -0.25) is 9.79 Å². The van der Waals surface area contributed by atoms with Crippen molar-refractivity contribution in [3.05, 3.63) is 34.3 Å². The Morgan fingerprint density at radius 2 is 2.12 bits per heavy atom. The lowest BCUT2D eigenvalue weighted by Crippen LogP contribution is -2.42. The summed E-state index contributed by atoms with van der Waals surface area (Å²) in [6, 6.07) is 8.66. The highest BCUT2D eigenvalue weighted by atomic mass is 79.9. The third-order valence-electron chi connectivity index (χ3n) is 4.69. The molecule has 0 radical (unpaired) electrons. The number of hydrogen-bond donors (Lipinski definition) is 1. The quantitative estimate of drug-likeness (QED) is 0.556. The van der Waals surface area contributed by atoms with Crippen LogP contribution in [0.25, 0.3) is 0 Å². The summed E-state index contributed by atoms with van der Waals surface area (Å²) in [5, 5.41) is 3.43. The number of nitrogens with one attached hydrogen (secondary N) is 1. The van der Waals surface area contributed by atoms with Gasteiger partial charge >= 0.3 is 0 Å². The molecular formula is C19H29BrN4O. The number of nitrogens with zero attached hydrogens (tertiary/aromatic N) is 3. The second-order valence-electron chi connectivity index (χ2n) is 6.50. The highest BCUT2D eigenvalue weighted by Crippen LogP contribution is 2.17. The fraction of sp³-hybridized carbons (Fsp3) is 0.579. The number of rotatable bonds is 7. The number of likely N-dealkylation sites (tertiary alicyclic amines) is 1. The molecule has 1 saturated heterocycles. The summed E-state index contributed by atoms with van der Waals surface area (Å²) in [7, 11) is 3.85. The maximum Gasteiger partial charge on any atom is 0.222 e. The van der Waals surface area contributed by atoms with Gasteiger partial charge in [-0.25, -0.2) is 0 Å². The number of hydrogen-bond acceptors (Lipinski definition) is 2. The van der Waals surface area contributed by atoms with E-state index in [4.69, 9.17) is 0 Å². The molecule has 1 fully saturated rings. The zero-order valence-corrected chi connectivity index (χ0v) is 17.1. The first-order valence-electron chi connectivity index (χ1n) is 9.00. The fourth-order valence-corrected chi connectivity index (χ4v) is 3.57. The standard InChI is InChI=1S/C19H29BrN4O/c1-4-17(24-13-5-6-18(24)25)11-12-22-19(21-2)23(3)14-15-7-9-16(20)10-8-15/h7-10,17H,4-6,11-14H2,1-3H3,(H,21,22). The highest BCUT2D eigenvalue weighted by Gasteiger charge is 2.26. The lowest BCUT2D eigenvalue weighted by molar-refractivity contribution is -0.129. The van der Waals surface area contributed by atoms with Crippen molar-refractivity contribution in [3.8, 4) is 0 Å². The minimum atomic E-state index is 0.309. The van der Waals surface area contributed by atoms with Crippen molar-refractivity contribution in [2.75, 3.05) is 27.2 Å². The molecule has 1 atom stereocenters. The second kappa shape index (κ2) is 9.80. The third kappa shape index (κ3) is 5.73. The zero-order chi connectivity index (χ0) is 18.2. The van der Waals surface area contributed by atoms with E-state index in [1.165, 1.54) is 5.56 Å². The van der Waals surface area contributed by atoms with Crippen LogP contribution in [0.15, 0.2) is 33.7 Å². The minimum Gasteiger partial charge on any atom is -0.356 e. The van der Waals surface area contributed by atoms with Gasteiger partial charge in [0.25, 0.3) is 0 Å². The Labute approximate surface area is 159 Å². The van der Waals surface area contributed by atoms with Crippen molar-refractivity contribution < 1.29 is 4.79 Å². The molecule has 1 amide bonds. The second-order valence-corrected chi connectivity index (χ2v) is 7.41. The molecular weight excluding hydrogens is 380 g/mol. The summed E-state index contributed by atoms with van der Waals surface area (Å²) in [6.45, 7) is 4.69. The first-order chi connectivity index (χ1) is 12.0. The molecule has 0 spiro atoms. The number of carbonyl (C=O) groups excluding carboxylic acids is 1. The summed E-state index contributed by atoms with van der Waals surface area (Å²) in [5.74, 6) is 1.19. The summed E-state index contributed by atoms with van der Waals surface area (Å²) >= 11 is 3.46. The van der Waals surface area contributed by atoms with Crippen LogP contribution in [-0.2, 0) is 11.3 Å². The van der Waals surface area contributed by atoms with Crippen LogP contribution in [0, 0.1) is 0 Å². The van der Waals surface area contributed by atoms with Gasteiger partial charge in [-0.05, 0) is 37.0 Å². The van der Waals surface area contributed by atoms with Crippen LogP contribution in [0.2, 0.25) is 0 Å². The van der Waals surface area contributed by atoms with Gasteiger partial charge in [-0.15, -0.1) is 0 Å². The Morgan fingerprint density at radius 1 is 1.40 bits per heavy atom. The summed E-state index contributed by atoms with van der Waals surface area (Å²) in [4.78, 5) is 20.5. The Kier molecular flexibility index (Phi) is 7.75. The molecule has 1 aliphatic rings. The van der Waals surface area contributed by atoms with Crippen LogP contribution in [0.1, 0.15) is 38.2 Å². The predicted molar refractivity (Wildman–Crippen MR) is 107 cm³/mol. The van der Waals surface area contributed by atoms with Gasteiger partial charge in [0.2, 0.25) is 5.91 Å². The number of amides is 1. The van der Waals surface area contributed by atoms with E-state index in [0.717, 1.165) is 49.3 Å². The smallest absolute Gasteiger partial charge is 0.222 e. The molecule has 6 heteroatoms. The average Bonchev–Trinajstić information content (AvgIpc) is 3.03. The van der Waals surface area contributed by atoms with Gasteiger partial charge in [0.1, 0.15) is 0 Å². The van der Waals surface area contributed by atoms with E-state index >= 15 is 0 Å². The van der Waals surface area contributed by atoms with E-state index in [1.54, 1.807) is 0 Å². The molecule has 25 heavy (non-hydrogen) atoms. The summed E-state index contributed by atoms with van der Waals surface area (Å²) < 4.78 is 1.09. The maximum atomic E-state index is 11.9. The SMILES string of the molecule is CCC(CCNC(=NC)N(C)Cc1ccc(Br)cc1)N1CCCC1=O. The van der Waals surface area contributed by atoms with E-state index < -0.39 is 0 Å². The fourth-order valence-electron chi connectivity index (χ4n) is 3.31. The number of benzene rings is 1. The molecule has 138 valence electrons. The van der Waals surface area contributed by atoms with E-state index in [2.05, 4.69) is 67.2 Å². The van der Waals surface area contributed by atoms with Gasteiger partial charge in [-0.2, -0.15) is 0 Å². The molecule has 1 aromatic carbocycles. The van der Waals surface area contributed by atoms with Gasteiger partial charge in [0, 0.05) is 50.7 Å². The maximum absolute atomic E-state index is 11.9. The van der Waals surface area contributed by atoms with Gasteiger partial charge < -0.3 is 15.1 Å². The molecule has 1 N–H and O–H groups in total. The number of carbonyl (C=O) groups is 1. The summed E-state index contributed by atoms with van der Waals surface area (Å²) in [6.07, 6.45) is 3.66. The molecule has 1 heterocycles. The Bertz CT molecular complexity index is 588. The third-order valence-corrected chi connectivity index (χ3v) is 5.22. The van der Waals surface area contributed by atoms with Crippen LogP contribution in [0.5, 0.6) is 0 Å². The molecule has 5 nitrogen and oxygen atoms in total. The molecule has 0 aromatic heterocycles. The van der Waals surface area contributed by atoms with Crippen molar-refractivity contribution in [2.45, 2.75) is 45.2 Å². The normalized spacial score (nSPS) is 16.2. The lowest BCUT2D eigenvalue weighted by Gasteiger charge is -2.28. The van der Waals surface area contributed by atoms with Crippen molar-refractivity contribution >= 4 is 27.8 Å². The minimum absolute atomic E-state index is 0.309. The molecule has 0 bridgehead atoms. The molecule has 0 saturated carbocycles. The van der Waals surface area contributed by atoms with Crippen molar-refractivity contribution in [2.24, 2.45) is 4.99 Å². The van der Waals surface area contributed by atoms with Gasteiger partial charge in [-0.1, -0.05) is 35.0 Å².